The minimum atomic E-state index is 0.420. The highest BCUT2D eigenvalue weighted by atomic mass is 35.5. The number of aromatic nitrogens is 3. The van der Waals surface area contributed by atoms with Crippen LogP contribution in [0, 0.1) is 5.92 Å². The Labute approximate surface area is 182 Å². The molecule has 0 spiro atoms. The van der Waals surface area contributed by atoms with E-state index in [-0.39, 0.29) is 0 Å². The van der Waals surface area contributed by atoms with Crippen LogP contribution in [0.25, 0.3) is 22.2 Å². The molecule has 0 bridgehead atoms. The Morgan fingerprint density at radius 3 is 2.93 bits per heavy atom. The molecule has 30 heavy (non-hydrogen) atoms. The second-order valence-corrected chi connectivity index (χ2v) is 8.97. The van der Waals surface area contributed by atoms with Crippen LogP contribution in [-0.4, -0.2) is 58.6 Å². The van der Waals surface area contributed by atoms with Crippen LogP contribution in [0.5, 0.6) is 0 Å². The van der Waals surface area contributed by atoms with Crippen molar-refractivity contribution < 1.29 is 0 Å². The summed E-state index contributed by atoms with van der Waals surface area (Å²) in [7, 11) is 0. The number of fused-ring (bicyclic) bond motifs is 1. The van der Waals surface area contributed by atoms with Gasteiger partial charge in [0, 0.05) is 61.4 Å². The number of nitrogens with zero attached hydrogens (tertiary/aromatic N) is 3. The highest BCUT2D eigenvalue weighted by Crippen LogP contribution is 2.33. The van der Waals surface area contributed by atoms with Gasteiger partial charge in [-0.05, 0) is 31.2 Å². The van der Waals surface area contributed by atoms with Crippen LogP contribution in [-0.2, 0) is 0 Å². The van der Waals surface area contributed by atoms with E-state index in [1.54, 1.807) is 6.20 Å². The summed E-state index contributed by atoms with van der Waals surface area (Å²) in [5.41, 5.74) is 2.88. The minimum Gasteiger partial charge on any atom is -0.360 e. The number of para-hydroxylation sites is 1. The zero-order valence-corrected chi connectivity index (χ0v) is 18.0. The smallest absolute Gasteiger partial charge is 0.223 e. The number of anilines is 1. The molecule has 3 N–H and O–H groups in total. The highest BCUT2D eigenvalue weighted by Gasteiger charge is 2.25. The van der Waals surface area contributed by atoms with Crippen LogP contribution in [0.3, 0.4) is 0 Å². The van der Waals surface area contributed by atoms with Crippen LogP contribution in [0.4, 0.5) is 5.95 Å². The number of hydrogen-bond donors (Lipinski definition) is 3. The number of rotatable bonds is 5. The van der Waals surface area contributed by atoms with Crippen molar-refractivity contribution in [3.05, 3.63) is 41.7 Å². The minimum absolute atomic E-state index is 0.420. The van der Waals surface area contributed by atoms with Crippen molar-refractivity contribution >= 4 is 28.5 Å². The topological polar surface area (TPSA) is 68.9 Å². The summed E-state index contributed by atoms with van der Waals surface area (Å²) >= 11 is 6.49. The average Bonchev–Trinajstić information content (AvgIpc) is 3.20. The molecule has 1 aromatic carbocycles. The van der Waals surface area contributed by atoms with Crippen molar-refractivity contribution in [2.75, 3.05) is 38.0 Å². The number of hydrogen-bond acceptors (Lipinski definition) is 5. The van der Waals surface area contributed by atoms with Crippen LogP contribution >= 0.6 is 11.6 Å². The van der Waals surface area contributed by atoms with Gasteiger partial charge in [0.1, 0.15) is 0 Å². The van der Waals surface area contributed by atoms with Gasteiger partial charge in [-0.15, -0.1) is 0 Å². The second-order valence-electron chi connectivity index (χ2n) is 8.56. The van der Waals surface area contributed by atoms with E-state index < -0.39 is 0 Å². The fraction of sp³-hybridized carbons (Fsp3) is 0.478. The molecule has 0 amide bonds. The quantitative estimate of drug-likeness (QED) is 0.574. The normalized spacial score (nSPS) is 23.0. The molecule has 2 aliphatic rings. The van der Waals surface area contributed by atoms with E-state index in [4.69, 9.17) is 16.6 Å². The van der Waals surface area contributed by atoms with Gasteiger partial charge in [0.25, 0.3) is 0 Å². The number of H-pyrrole nitrogens is 1. The first-order chi connectivity index (χ1) is 14.8. The number of benzene rings is 1. The molecular weight excluding hydrogens is 396 g/mol. The predicted octanol–water partition coefficient (Wildman–Crippen LogP) is 4.15. The van der Waals surface area contributed by atoms with E-state index in [2.05, 4.69) is 37.6 Å². The Hall–Kier alpha value is -2.15. The SMILES string of the molecule is Clc1cnc(N[C@H]2CCC[C@@H](CN3CCNCC3)C2)nc1-c1c[nH]c2ccccc12. The van der Waals surface area contributed by atoms with Crippen molar-refractivity contribution in [2.24, 2.45) is 5.92 Å². The lowest BCUT2D eigenvalue weighted by Crippen LogP contribution is -2.46. The molecule has 2 atom stereocenters. The molecule has 1 saturated heterocycles. The van der Waals surface area contributed by atoms with Gasteiger partial charge in [-0.2, -0.15) is 0 Å². The van der Waals surface area contributed by atoms with Crippen molar-refractivity contribution in [1.82, 2.24) is 25.2 Å². The van der Waals surface area contributed by atoms with E-state index in [0.29, 0.717) is 17.0 Å². The molecule has 0 unspecified atom stereocenters. The lowest BCUT2D eigenvalue weighted by molar-refractivity contribution is 0.178. The first-order valence-corrected chi connectivity index (χ1v) is 11.4. The van der Waals surface area contributed by atoms with Crippen molar-refractivity contribution in [3.63, 3.8) is 0 Å². The maximum atomic E-state index is 6.49. The summed E-state index contributed by atoms with van der Waals surface area (Å²) in [4.78, 5) is 15.2. The summed E-state index contributed by atoms with van der Waals surface area (Å²) in [6.45, 7) is 5.78. The van der Waals surface area contributed by atoms with Gasteiger partial charge in [-0.1, -0.05) is 36.2 Å². The number of nitrogens with one attached hydrogen (secondary N) is 3. The molecule has 0 radical (unpaired) electrons. The van der Waals surface area contributed by atoms with E-state index in [1.165, 1.54) is 45.3 Å². The van der Waals surface area contributed by atoms with Gasteiger partial charge in [0.2, 0.25) is 5.95 Å². The third kappa shape index (κ3) is 4.31. The first kappa shape index (κ1) is 19.8. The Kier molecular flexibility index (Phi) is 5.88. The maximum absolute atomic E-state index is 6.49. The standard InChI is InChI=1S/C23H29ClN6/c24-20-14-27-23(29-22(20)19-13-26-21-7-2-1-6-18(19)21)28-17-5-3-4-16(12-17)15-30-10-8-25-9-11-30/h1-2,6-7,13-14,16-17,25-26H,3-5,8-12,15H2,(H,27,28,29)/t16-,17+/m1/s1. The van der Waals surface area contributed by atoms with Gasteiger partial charge in [-0.25, -0.2) is 9.97 Å². The number of aromatic amines is 1. The Bertz CT molecular complexity index is 996. The van der Waals surface area contributed by atoms with Gasteiger partial charge < -0.3 is 20.5 Å². The third-order valence-corrected chi connectivity index (χ3v) is 6.71. The summed E-state index contributed by atoms with van der Waals surface area (Å²) in [6, 6.07) is 8.64. The van der Waals surface area contributed by atoms with Gasteiger partial charge in [0.05, 0.1) is 16.9 Å². The van der Waals surface area contributed by atoms with E-state index in [0.717, 1.165) is 41.2 Å². The Balaban J connectivity index is 1.30. The maximum Gasteiger partial charge on any atom is 0.223 e. The van der Waals surface area contributed by atoms with Crippen LogP contribution in [0.1, 0.15) is 25.7 Å². The van der Waals surface area contributed by atoms with Crippen LogP contribution in [0.15, 0.2) is 36.7 Å². The number of halogens is 1. The lowest BCUT2D eigenvalue weighted by Gasteiger charge is -2.35. The zero-order valence-electron chi connectivity index (χ0n) is 17.2. The molecule has 2 aromatic heterocycles. The lowest BCUT2D eigenvalue weighted by atomic mass is 9.85. The monoisotopic (exact) mass is 424 g/mol. The number of piperazine rings is 1. The van der Waals surface area contributed by atoms with E-state index in [9.17, 15) is 0 Å². The highest BCUT2D eigenvalue weighted by molar-refractivity contribution is 6.33. The summed E-state index contributed by atoms with van der Waals surface area (Å²) in [5.74, 6) is 1.42. The predicted molar refractivity (Wildman–Crippen MR) is 123 cm³/mol. The van der Waals surface area contributed by atoms with Gasteiger partial charge >= 0.3 is 0 Å². The molecule has 3 aromatic rings. The second kappa shape index (κ2) is 8.92. The fourth-order valence-corrected chi connectivity index (χ4v) is 5.12. The largest absolute Gasteiger partial charge is 0.360 e. The summed E-state index contributed by atoms with van der Waals surface area (Å²) < 4.78 is 0. The zero-order chi connectivity index (χ0) is 20.3. The van der Waals surface area contributed by atoms with Gasteiger partial charge in [-0.3, -0.25) is 0 Å². The fourth-order valence-electron chi connectivity index (χ4n) is 4.92. The molecule has 7 heteroatoms. The molecule has 3 heterocycles. The van der Waals surface area contributed by atoms with Crippen molar-refractivity contribution in [2.45, 2.75) is 31.7 Å². The molecule has 2 fully saturated rings. The molecule has 1 aliphatic heterocycles. The van der Waals surface area contributed by atoms with Crippen molar-refractivity contribution in [3.8, 4) is 11.3 Å². The molecule has 1 saturated carbocycles. The van der Waals surface area contributed by atoms with Crippen LogP contribution in [0.2, 0.25) is 5.02 Å². The van der Waals surface area contributed by atoms with Gasteiger partial charge in [0.15, 0.2) is 0 Å². The third-order valence-electron chi connectivity index (χ3n) is 6.43. The van der Waals surface area contributed by atoms with Crippen molar-refractivity contribution in [1.29, 1.82) is 0 Å². The van der Waals surface area contributed by atoms with E-state index >= 15 is 0 Å². The molecule has 1 aliphatic carbocycles. The average molecular weight is 425 g/mol. The summed E-state index contributed by atoms with van der Waals surface area (Å²) in [6.07, 6.45) is 8.63. The summed E-state index contributed by atoms with van der Waals surface area (Å²) in [5, 5.41) is 8.74. The molecule has 158 valence electrons. The molecule has 6 nitrogen and oxygen atoms in total. The molecular formula is C23H29ClN6. The Morgan fingerprint density at radius 1 is 1.17 bits per heavy atom. The molecule has 5 rings (SSSR count). The van der Waals surface area contributed by atoms with E-state index in [1.807, 2.05) is 18.3 Å². The first-order valence-electron chi connectivity index (χ1n) is 11.0. The van der Waals surface area contributed by atoms with Crippen LogP contribution < -0.4 is 10.6 Å². The Morgan fingerprint density at radius 2 is 2.03 bits per heavy atom.